The molecule has 2 fully saturated rings. The van der Waals surface area contributed by atoms with E-state index in [1.54, 1.807) is 30.3 Å². The fourth-order valence-electron chi connectivity index (χ4n) is 5.99. The second-order valence-corrected chi connectivity index (χ2v) is 14.7. The Morgan fingerprint density at radius 3 is 2.30 bits per heavy atom. The maximum absolute atomic E-state index is 14.0. The van der Waals surface area contributed by atoms with Crippen LogP contribution in [0.4, 0.5) is 5.69 Å². The number of sulfonamides is 1. The topological polar surface area (TPSA) is 149 Å². The number of aliphatic carboxylic acids is 1. The molecule has 11 nitrogen and oxygen atoms in total. The molecule has 1 unspecified atom stereocenters. The number of amides is 2. The van der Waals surface area contributed by atoms with Gasteiger partial charge < -0.3 is 15.7 Å². The number of anilines is 1. The lowest BCUT2D eigenvalue weighted by Gasteiger charge is -2.33. The van der Waals surface area contributed by atoms with E-state index in [0.717, 1.165) is 25.9 Å². The molecule has 1 aromatic heterocycles. The average Bonchev–Trinajstić information content (AvgIpc) is 3.67. The normalized spacial score (nSPS) is 21.2. The molecule has 0 aliphatic carbocycles. The summed E-state index contributed by atoms with van der Waals surface area (Å²) in [6.45, 7) is 3.21. The molecule has 3 atom stereocenters. The van der Waals surface area contributed by atoms with E-state index >= 15 is 0 Å². The Kier molecular flexibility index (Phi) is 10.3. The number of hydrogen-bond donors (Lipinski definition) is 3. The molecule has 3 N–H and O–H groups in total. The Morgan fingerprint density at radius 1 is 1.04 bits per heavy atom. The number of benzene rings is 2. The fourth-order valence-corrected chi connectivity index (χ4v) is 8.62. The predicted octanol–water partition coefficient (Wildman–Crippen LogP) is 4.72. The number of likely N-dealkylation sites (tertiary alicyclic amines) is 1. The zero-order valence-electron chi connectivity index (χ0n) is 24.8. The van der Waals surface area contributed by atoms with Gasteiger partial charge in [-0.25, -0.2) is 13.2 Å². The van der Waals surface area contributed by atoms with Crippen molar-refractivity contribution >= 4 is 68.3 Å². The molecule has 0 saturated carbocycles. The van der Waals surface area contributed by atoms with Crippen LogP contribution in [0.3, 0.4) is 0 Å². The second-order valence-electron chi connectivity index (χ2n) is 11.6. The van der Waals surface area contributed by atoms with Gasteiger partial charge >= 0.3 is 5.97 Å². The van der Waals surface area contributed by atoms with Crippen LogP contribution in [-0.4, -0.2) is 82.8 Å². The maximum atomic E-state index is 14.0. The summed E-state index contributed by atoms with van der Waals surface area (Å²) in [6.07, 6.45) is 4.67. The summed E-state index contributed by atoms with van der Waals surface area (Å²) in [7, 11) is -4.17. The van der Waals surface area contributed by atoms with Crippen molar-refractivity contribution in [3.63, 3.8) is 0 Å². The third-order valence-electron chi connectivity index (χ3n) is 8.43. The average molecular weight is 709 g/mol. The van der Waals surface area contributed by atoms with Crippen LogP contribution in [0.25, 0.3) is 0 Å². The number of nitrogens with one attached hydrogen (secondary N) is 2. The highest BCUT2D eigenvalue weighted by molar-refractivity contribution is 7.89. The highest BCUT2D eigenvalue weighted by Crippen LogP contribution is 2.38. The molecule has 244 valence electrons. The molecule has 2 aliphatic heterocycles. The first-order chi connectivity index (χ1) is 21.8. The van der Waals surface area contributed by atoms with E-state index in [9.17, 15) is 27.9 Å². The number of carboxylic acids is 1. The first kappa shape index (κ1) is 34.1. The molecule has 3 aromatic rings. The summed E-state index contributed by atoms with van der Waals surface area (Å²) < 4.78 is 29.0. The van der Waals surface area contributed by atoms with Gasteiger partial charge in [0.1, 0.15) is 11.6 Å². The Bertz CT molecular complexity index is 1730. The zero-order chi connectivity index (χ0) is 33.2. The molecular formula is C31H32Cl3N5O6S. The van der Waals surface area contributed by atoms with Gasteiger partial charge in [0, 0.05) is 42.1 Å². The largest absolute Gasteiger partial charge is 0.480 e. The van der Waals surface area contributed by atoms with Gasteiger partial charge in [0.25, 0.3) is 5.91 Å². The molecule has 46 heavy (non-hydrogen) atoms. The van der Waals surface area contributed by atoms with E-state index in [0.29, 0.717) is 11.3 Å². The number of nitrogens with zero attached hydrogens (tertiary/aromatic N) is 3. The molecule has 0 radical (unpaired) electrons. The van der Waals surface area contributed by atoms with Crippen molar-refractivity contribution in [3.05, 3.63) is 87.1 Å². The quantitative estimate of drug-likeness (QED) is 0.274. The van der Waals surface area contributed by atoms with Crippen LogP contribution >= 0.6 is 34.8 Å². The number of rotatable bonds is 10. The summed E-state index contributed by atoms with van der Waals surface area (Å²) in [5, 5.41) is 15.8. The van der Waals surface area contributed by atoms with Crippen molar-refractivity contribution in [2.45, 2.75) is 55.1 Å². The van der Waals surface area contributed by atoms with Crippen molar-refractivity contribution in [2.75, 3.05) is 25.0 Å². The lowest BCUT2D eigenvalue weighted by atomic mass is 9.95. The number of carbonyl (C=O) groups is 3. The van der Waals surface area contributed by atoms with Crippen LogP contribution in [0.1, 0.15) is 42.1 Å². The SMILES string of the molecule is CC1(C(=O)N[C@@H](Cc2ccc(NC(=O)c3c(Cl)cncc3Cl)cc2)C(=O)O)C[C@@H](N2CCCC2)CN1S(=O)(=O)c1cccc(Cl)c1. The van der Waals surface area contributed by atoms with Gasteiger partial charge in [-0.2, -0.15) is 4.31 Å². The van der Waals surface area contributed by atoms with E-state index in [1.165, 1.54) is 41.8 Å². The number of carboxylic acid groups (broad SMARTS) is 1. The van der Waals surface area contributed by atoms with Gasteiger partial charge in [-0.1, -0.05) is 53.0 Å². The third kappa shape index (κ3) is 7.17. The standard InChI is InChI=1S/C31H32Cl3N5O6S/c1-31(15-22(38-11-2-3-12-38)18-39(31)46(44,45)23-6-4-5-20(32)14-23)30(43)37-26(29(41)42)13-19-7-9-21(10-8-19)36-28(40)27-24(33)16-35-17-25(27)34/h4-10,14,16-17,22,26H,2-3,11-13,15,18H2,1H3,(H,36,40)(H,37,43)(H,41,42)/t22-,26+,31?/m1/s1. The Balaban J connectivity index is 1.33. The molecule has 3 heterocycles. The number of aromatic nitrogens is 1. The molecule has 2 amide bonds. The molecule has 2 aliphatic rings. The van der Waals surface area contributed by atoms with Gasteiger partial charge in [0.15, 0.2) is 0 Å². The first-order valence-electron chi connectivity index (χ1n) is 14.5. The fraction of sp³-hybridized carbons (Fsp3) is 0.355. The molecule has 15 heteroatoms. The summed E-state index contributed by atoms with van der Waals surface area (Å²) in [5.41, 5.74) is -0.538. The monoisotopic (exact) mass is 707 g/mol. The highest BCUT2D eigenvalue weighted by Gasteiger charge is 2.55. The van der Waals surface area contributed by atoms with E-state index in [2.05, 4.69) is 20.5 Å². The van der Waals surface area contributed by atoms with E-state index in [4.69, 9.17) is 34.8 Å². The first-order valence-corrected chi connectivity index (χ1v) is 17.1. The summed E-state index contributed by atoms with van der Waals surface area (Å²) >= 11 is 18.3. The van der Waals surface area contributed by atoms with Gasteiger partial charge in [-0.15, -0.1) is 0 Å². The van der Waals surface area contributed by atoms with Crippen molar-refractivity contribution in [1.29, 1.82) is 0 Å². The minimum Gasteiger partial charge on any atom is -0.480 e. The zero-order valence-corrected chi connectivity index (χ0v) is 27.8. The molecule has 2 aromatic carbocycles. The Labute approximate surface area is 281 Å². The Hall–Kier alpha value is -3.26. The van der Waals surface area contributed by atoms with Crippen LogP contribution < -0.4 is 10.6 Å². The highest BCUT2D eigenvalue weighted by atomic mass is 35.5. The molecular weight excluding hydrogens is 677 g/mol. The van der Waals surface area contributed by atoms with Crippen LogP contribution in [0.2, 0.25) is 15.1 Å². The van der Waals surface area contributed by atoms with Crippen LogP contribution in [0.15, 0.2) is 65.8 Å². The number of hydrogen-bond acceptors (Lipinski definition) is 7. The minimum absolute atomic E-state index is 0.0449. The number of pyridine rings is 1. The van der Waals surface area contributed by atoms with Gasteiger partial charge in [0.2, 0.25) is 15.9 Å². The summed E-state index contributed by atoms with van der Waals surface area (Å²) in [4.78, 5) is 45.0. The minimum atomic E-state index is -4.17. The molecule has 0 bridgehead atoms. The lowest BCUT2D eigenvalue weighted by Crippen LogP contribution is -2.58. The lowest BCUT2D eigenvalue weighted by molar-refractivity contribution is -0.143. The van der Waals surface area contributed by atoms with Crippen molar-refractivity contribution < 1.29 is 27.9 Å². The van der Waals surface area contributed by atoms with Crippen molar-refractivity contribution in [3.8, 4) is 0 Å². The van der Waals surface area contributed by atoms with Crippen LogP contribution in [0.5, 0.6) is 0 Å². The third-order valence-corrected chi connectivity index (χ3v) is 11.2. The smallest absolute Gasteiger partial charge is 0.326 e. The van der Waals surface area contributed by atoms with E-state index < -0.39 is 39.4 Å². The van der Waals surface area contributed by atoms with Gasteiger partial charge in [0.05, 0.1) is 20.5 Å². The van der Waals surface area contributed by atoms with Gasteiger partial charge in [-0.05, 0) is 75.2 Å². The summed E-state index contributed by atoms with van der Waals surface area (Å²) in [6, 6.07) is 10.7. The molecule has 5 rings (SSSR count). The van der Waals surface area contributed by atoms with Crippen LogP contribution in [0, 0.1) is 0 Å². The van der Waals surface area contributed by atoms with Crippen LogP contribution in [-0.2, 0) is 26.0 Å². The van der Waals surface area contributed by atoms with E-state index in [1.807, 2.05) is 0 Å². The van der Waals surface area contributed by atoms with E-state index in [-0.39, 0.29) is 51.0 Å². The van der Waals surface area contributed by atoms with Crippen molar-refractivity contribution in [2.24, 2.45) is 0 Å². The maximum Gasteiger partial charge on any atom is 0.326 e. The number of carbonyl (C=O) groups excluding carboxylic acids is 2. The Morgan fingerprint density at radius 2 is 1.70 bits per heavy atom. The van der Waals surface area contributed by atoms with Gasteiger partial charge in [-0.3, -0.25) is 19.5 Å². The summed E-state index contributed by atoms with van der Waals surface area (Å²) in [5.74, 6) is -2.54. The van der Waals surface area contributed by atoms with Crippen molar-refractivity contribution in [1.82, 2.24) is 19.5 Å². The second kappa shape index (κ2) is 13.8. The molecule has 2 saturated heterocycles. The molecule has 0 spiro atoms. The predicted molar refractivity (Wildman–Crippen MR) is 175 cm³/mol. The number of halogens is 3.